The summed E-state index contributed by atoms with van der Waals surface area (Å²) in [5.41, 5.74) is 3.46. The summed E-state index contributed by atoms with van der Waals surface area (Å²) in [5, 5.41) is 11.0. The second kappa shape index (κ2) is 8.39. The SMILES string of the molecule is O=C1OC(c2ccc(-c3ccccc3)cc2)=N/C1=C\c1ccc(-c2cccc([N+](=O)[O-])c2)o1. The van der Waals surface area contributed by atoms with E-state index in [4.69, 9.17) is 9.15 Å². The zero-order valence-corrected chi connectivity index (χ0v) is 17.2. The number of carbonyl (C=O) groups excluding carboxylic acids is 1. The third-order valence-corrected chi connectivity index (χ3v) is 5.11. The molecule has 5 rings (SSSR count). The third kappa shape index (κ3) is 4.20. The summed E-state index contributed by atoms with van der Waals surface area (Å²) < 4.78 is 11.1. The van der Waals surface area contributed by atoms with Crippen molar-refractivity contribution in [1.82, 2.24) is 0 Å². The Labute approximate surface area is 188 Å². The number of nitrogens with zero attached hydrogens (tertiary/aromatic N) is 2. The lowest BCUT2D eigenvalue weighted by molar-refractivity contribution is -0.384. The summed E-state index contributed by atoms with van der Waals surface area (Å²) >= 11 is 0. The summed E-state index contributed by atoms with van der Waals surface area (Å²) in [7, 11) is 0. The maximum absolute atomic E-state index is 12.3. The number of nitro groups is 1. The molecule has 0 saturated heterocycles. The normalized spacial score (nSPS) is 14.2. The van der Waals surface area contributed by atoms with E-state index in [0.29, 0.717) is 22.6 Å². The topological polar surface area (TPSA) is 94.9 Å². The van der Waals surface area contributed by atoms with Crippen LogP contribution in [0.3, 0.4) is 0 Å². The van der Waals surface area contributed by atoms with Crippen LogP contribution in [0.4, 0.5) is 5.69 Å². The summed E-state index contributed by atoms with van der Waals surface area (Å²) in [6.07, 6.45) is 1.48. The Hall–Kier alpha value is -4.78. The van der Waals surface area contributed by atoms with E-state index < -0.39 is 10.9 Å². The molecular formula is C26H16N2O5. The summed E-state index contributed by atoms with van der Waals surface area (Å²) in [6.45, 7) is 0. The van der Waals surface area contributed by atoms with Crippen molar-refractivity contribution in [2.45, 2.75) is 0 Å². The number of ether oxygens (including phenoxy) is 1. The fraction of sp³-hybridized carbons (Fsp3) is 0. The van der Waals surface area contributed by atoms with Crippen LogP contribution in [0.15, 0.2) is 106 Å². The van der Waals surface area contributed by atoms with Crippen molar-refractivity contribution in [3.05, 3.63) is 118 Å². The van der Waals surface area contributed by atoms with E-state index in [-0.39, 0.29) is 17.3 Å². The molecule has 33 heavy (non-hydrogen) atoms. The molecule has 0 unspecified atom stereocenters. The molecule has 1 aromatic heterocycles. The van der Waals surface area contributed by atoms with Crippen LogP contribution in [-0.4, -0.2) is 16.8 Å². The smallest absolute Gasteiger partial charge is 0.363 e. The largest absolute Gasteiger partial charge is 0.457 e. The molecule has 4 aromatic rings. The van der Waals surface area contributed by atoms with Crippen LogP contribution in [0.2, 0.25) is 0 Å². The lowest BCUT2D eigenvalue weighted by atomic mass is 10.0. The number of hydrogen-bond acceptors (Lipinski definition) is 6. The quantitative estimate of drug-likeness (QED) is 0.169. The number of furan rings is 1. The highest BCUT2D eigenvalue weighted by molar-refractivity contribution is 6.12. The number of carbonyl (C=O) groups is 1. The van der Waals surface area contributed by atoms with Crippen LogP contribution in [-0.2, 0) is 9.53 Å². The van der Waals surface area contributed by atoms with Gasteiger partial charge in [0, 0.05) is 29.3 Å². The van der Waals surface area contributed by atoms with E-state index in [1.165, 1.54) is 18.2 Å². The Bertz CT molecular complexity index is 1420. The van der Waals surface area contributed by atoms with Crippen LogP contribution in [0.1, 0.15) is 11.3 Å². The molecule has 0 radical (unpaired) electrons. The fourth-order valence-corrected chi connectivity index (χ4v) is 3.46. The van der Waals surface area contributed by atoms with Gasteiger partial charge in [-0.1, -0.05) is 54.6 Å². The summed E-state index contributed by atoms with van der Waals surface area (Å²) in [6, 6.07) is 27.0. The van der Waals surface area contributed by atoms with Crippen LogP contribution >= 0.6 is 0 Å². The van der Waals surface area contributed by atoms with E-state index in [2.05, 4.69) is 4.99 Å². The molecule has 2 heterocycles. The lowest BCUT2D eigenvalue weighted by Gasteiger charge is -2.03. The minimum atomic E-state index is -0.578. The van der Waals surface area contributed by atoms with Gasteiger partial charge in [-0.25, -0.2) is 9.79 Å². The average Bonchev–Trinajstić information content (AvgIpc) is 3.47. The van der Waals surface area contributed by atoms with Crippen molar-refractivity contribution >= 4 is 23.6 Å². The highest BCUT2D eigenvalue weighted by Crippen LogP contribution is 2.28. The number of non-ortho nitro benzene ring substituents is 1. The van der Waals surface area contributed by atoms with Crippen molar-refractivity contribution in [1.29, 1.82) is 0 Å². The molecule has 0 saturated carbocycles. The van der Waals surface area contributed by atoms with Gasteiger partial charge in [-0.15, -0.1) is 0 Å². The molecule has 7 nitrogen and oxygen atoms in total. The van der Waals surface area contributed by atoms with Gasteiger partial charge in [0.2, 0.25) is 5.90 Å². The minimum absolute atomic E-state index is 0.0318. The van der Waals surface area contributed by atoms with E-state index in [1.54, 1.807) is 24.3 Å². The maximum atomic E-state index is 12.3. The number of cyclic esters (lactones) is 1. The highest BCUT2D eigenvalue weighted by atomic mass is 16.6. The van der Waals surface area contributed by atoms with Gasteiger partial charge in [0.25, 0.3) is 5.69 Å². The van der Waals surface area contributed by atoms with Gasteiger partial charge in [-0.2, -0.15) is 0 Å². The third-order valence-electron chi connectivity index (χ3n) is 5.11. The fourth-order valence-electron chi connectivity index (χ4n) is 3.46. The molecule has 0 atom stereocenters. The van der Waals surface area contributed by atoms with Crippen molar-refractivity contribution in [3.63, 3.8) is 0 Å². The van der Waals surface area contributed by atoms with E-state index >= 15 is 0 Å². The molecule has 1 aliphatic rings. The van der Waals surface area contributed by atoms with Gasteiger partial charge in [0.1, 0.15) is 11.5 Å². The molecule has 0 aliphatic carbocycles. The number of nitro benzene ring substituents is 1. The molecule has 0 fully saturated rings. The number of rotatable bonds is 5. The second-order valence-electron chi connectivity index (χ2n) is 7.29. The Morgan fingerprint density at radius 2 is 1.48 bits per heavy atom. The molecule has 0 bridgehead atoms. The number of aliphatic imine (C=N–C) groups is 1. The molecule has 7 heteroatoms. The van der Waals surface area contributed by atoms with Gasteiger partial charge in [-0.05, 0) is 35.4 Å². The Balaban J connectivity index is 1.38. The molecule has 0 N–H and O–H groups in total. The predicted molar refractivity (Wildman–Crippen MR) is 123 cm³/mol. The zero-order valence-electron chi connectivity index (χ0n) is 17.2. The lowest BCUT2D eigenvalue weighted by Crippen LogP contribution is -2.05. The molecule has 3 aromatic carbocycles. The van der Waals surface area contributed by atoms with Gasteiger partial charge in [-0.3, -0.25) is 10.1 Å². The van der Waals surface area contributed by atoms with Crippen molar-refractivity contribution < 1.29 is 18.9 Å². The molecule has 160 valence electrons. The second-order valence-corrected chi connectivity index (χ2v) is 7.29. The molecule has 1 aliphatic heterocycles. The standard InChI is InChI=1S/C26H16N2O5/c29-26-23(16-22-13-14-24(32-22)20-7-4-8-21(15-20)28(30)31)27-25(33-26)19-11-9-18(10-12-19)17-5-2-1-3-6-17/h1-16H/b23-16-. The number of benzene rings is 3. The molecule has 0 spiro atoms. The van der Waals surface area contributed by atoms with E-state index in [0.717, 1.165) is 11.1 Å². The van der Waals surface area contributed by atoms with Crippen LogP contribution in [0.5, 0.6) is 0 Å². The van der Waals surface area contributed by atoms with Crippen molar-refractivity contribution in [2.24, 2.45) is 4.99 Å². The maximum Gasteiger partial charge on any atom is 0.363 e. The van der Waals surface area contributed by atoms with Gasteiger partial charge >= 0.3 is 5.97 Å². The monoisotopic (exact) mass is 436 g/mol. The number of esters is 1. The number of hydrogen-bond donors (Lipinski definition) is 0. The van der Waals surface area contributed by atoms with Gasteiger partial charge in [0.15, 0.2) is 5.70 Å². The van der Waals surface area contributed by atoms with Crippen LogP contribution in [0, 0.1) is 10.1 Å². The predicted octanol–water partition coefficient (Wildman–Crippen LogP) is 5.87. The van der Waals surface area contributed by atoms with Crippen LogP contribution in [0.25, 0.3) is 28.5 Å². The van der Waals surface area contributed by atoms with E-state index in [9.17, 15) is 14.9 Å². The van der Waals surface area contributed by atoms with Crippen LogP contribution < -0.4 is 0 Å². The first-order chi connectivity index (χ1) is 16.1. The minimum Gasteiger partial charge on any atom is -0.457 e. The van der Waals surface area contributed by atoms with E-state index in [1.807, 2.05) is 54.6 Å². The summed E-state index contributed by atoms with van der Waals surface area (Å²) in [4.78, 5) is 27.2. The Kier molecular flexibility index (Phi) is 5.12. The van der Waals surface area contributed by atoms with Gasteiger partial charge in [0.05, 0.1) is 4.92 Å². The Morgan fingerprint density at radius 3 is 2.24 bits per heavy atom. The average molecular weight is 436 g/mol. The first-order valence-corrected chi connectivity index (χ1v) is 10.1. The molecule has 0 amide bonds. The first-order valence-electron chi connectivity index (χ1n) is 10.1. The molecular weight excluding hydrogens is 420 g/mol. The highest BCUT2D eigenvalue weighted by Gasteiger charge is 2.24. The zero-order chi connectivity index (χ0) is 22.8. The first kappa shape index (κ1) is 20.1. The summed E-state index contributed by atoms with van der Waals surface area (Å²) in [5.74, 6) is 0.465. The van der Waals surface area contributed by atoms with Crippen molar-refractivity contribution in [3.8, 4) is 22.5 Å². The van der Waals surface area contributed by atoms with Crippen molar-refractivity contribution in [2.75, 3.05) is 0 Å². The van der Waals surface area contributed by atoms with Gasteiger partial charge < -0.3 is 9.15 Å². The Morgan fingerprint density at radius 1 is 0.788 bits per heavy atom.